The van der Waals surface area contributed by atoms with Gasteiger partial charge < -0.3 is 14.5 Å². The van der Waals surface area contributed by atoms with Crippen LogP contribution in [0.5, 0.6) is 11.6 Å². The molecule has 7 nitrogen and oxygen atoms in total. The maximum atomic E-state index is 12.8. The lowest BCUT2D eigenvalue weighted by Gasteiger charge is -2.22. The van der Waals surface area contributed by atoms with Gasteiger partial charge in [-0.05, 0) is 49.2 Å². The Morgan fingerprint density at radius 2 is 1.90 bits per heavy atom. The van der Waals surface area contributed by atoms with Gasteiger partial charge in [-0.15, -0.1) is 0 Å². The standard InChI is InChI=1S/C23H20N4O3/c28-21(22-26-18-5-1-2-6-19(18)27-22)15-7-9-17(10-8-15)30-23-20(24-11-12-25-23)16-4-3-13-29-14-16/h1-2,5-12,16H,3-4,13-14H2,(H,26,27)/t16-/m0/s1. The van der Waals surface area contributed by atoms with Crippen molar-refractivity contribution >= 4 is 16.8 Å². The van der Waals surface area contributed by atoms with Crippen molar-refractivity contribution in [1.82, 2.24) is 19.9 Å². The number of aromatic amines is 1. The average Bonchev–Trinajstić information content (AvgIpc) is 3.24. The molecule has 1 saturated heterocycles. The van der Waals surface area contributed by atoms with Gasteiger partial charge in [0.05, 0.1) is 17.6 Å². The first-order chi connectivity index (χ1) is 14.8. The van der Waals surface area contributed by atoms with E-state index in [4.69, 9.17) is 9.47 Å². The number of para-hydroxylation sites is 2. The van der Waals surface area contributed by atoms with Crippen molar-refractivity contribution in [3.63, 3.8) is 0 Å². The molecule has 0 unspecified atom stereocenters. The van der Waals surface area contributed by atoms with Crippen molar-refractivity contribution in [2.24, 2.45) is 0 Å². The summed E-state index contributed by atoms with van der Waals surface area (Å²) in [5, 5.41) is 0. The molecule has 0 bridgehead atoms. The number of ketones is 1. The predicted molar refractivity (Wildman–Crippen MR) is 111 cm³/mol. The molecule has 0 spiro atoms. The smallest absolute Gasteiger partial charge is 0.241 e. The highest BCUT2D eigenvalue weighted by Gasteiger charge is 2.22. The van der Waals surface area contributed by atoms with E-state index in [1.54, 1.807) is 36.7 Å². The zero-order valence-corrected chi connectivity index (χ0v) is 16.2. The number of aromatic nitrogens is 4. The maximum absolute atomic E-state index is 12.8. The van der Waals surface area contributed by atoms with Crippen LogP contribution in [0.2, 0.25) is 0 Å². The lowest BCUT2D eigenvalue weighted by atomic mass is 9.98. The number of rotatable bonds is 5. The second kappa shape index (κ2) is 8.04. The van der Waals surface area contributed by atoms with E-state index in [0.29, 0.717) is 29.6 Å². The monoisotopic (exact) mass is 400 g/mol. The molecule has 3 heterocycles. The first-order valence-electron chi connectivity index (χ1n) is 9.94. The number of hydrogen-bond acceptors (Lipinski definition) is 6. The van der Waals surface area contributed by atoms with E-state index in [-0.39, 0.29) is 11.7 Å². The number of benzene rings is 2. The average molecular weight is 400 g/mol. The molecule has 4 aromatic rings. The molecule has 0 amide bonds. The Labute approximate surface area is 173 Å². The van der Waals surface area contributed by atoms with Gasteiger partial charge in [-0.3, -0.25) is 9.78 Å². The number of hydrogen-bond donors (Lipinski definition) is 1. The molecule has 0 aliphatic carbocycles. The van der Waals surface area contributed by atoms with Crippen LogP contribution in [-0.2, 0) is 4.74 Å². The molecule has 0 saturated carbocycles. The van der Waals surface area contributed by atoms with Crippen LogP contribution in [0.1, 0.15) is 40.6 Å². The molecule has 2 aromatic carbocycles. The van der Waals surface area contributed by atoms with Crippen LogP contribution in [-0.4, -0.2) is 38.9 Å². The Morgan fingerprint density at radius 3 is 2.70 bits per heavy atom. The molecule has 2 aromatic heterocycles. The van der Waals surface area contributed by atoms with Crippen LogP contribution in [0.15, 0.2) is 60.9 Å². The molecule has 1 N–H and O–H groups in total. The van der Waals surface area contributed by atoms with Gasteiger partial charge in [0.25, 0.3) is 0 Å². The number of ether oxygens (including phenoxy) is 2. The van der Waals surface area contributed by atoms with Crippen LogP contribution in [0, 0.1) is 0 Å². The van der Waals surface area contributed by atoms with Gasteiger partial charge in [-0.25, -0.2) is 9.97 Å². The Hall–Kier alpha value is -3.58. The molecule has 1 aliphatic heterocycles. The summed E-state index contributed by atoms with van der Waals surface area (Å²) in [5.41, 5.74) is 2.94. The van der Waals surface area contributed by atoms with Crippen molar-refractivity contribution in [1.29, 1.82) is 0 Å². The van der Waals surface area contributed by atoms with E-state index in [2.05, 4.69) is 19.9 Å². The Bertz CT molecular complexity index is 1150. The summed E-state index contributed by atoms with van der Waals surface area (Å²) in [6.07, 6.45) is 5.28. The Balaban J connectivity index is 1.35. The van der Waals surface area contributed by atoms with Crippen LogP contribution in [0.25, 0.3) is 11.0 Å². The van der Waals surface area contributed by atoms with Crippen molar-refractivity contribution in [2.75, 3.05) is 13.2 Å². The number of nitrogens with zero attached hydrogens (tertiary/aromatic N) is 3. The second-order valence-corrected chi connectivity index (χ2v) is 7.22. The quantitative estimate of drug-likeness (QED) is 0.503. The molecular formula is C23H20N4O3. The van der Waals surface area contributed by atoms with Crippen molar-refractivity contribution in [3.8, 4) is 11.6 Å². The van der Waals surface area contributed by atoms with Crippen LogP contribution < -0.4 is 4.74 Å². The molecule has 1 atom stereocenters. The molecule has 150 valence electrons. The number of carbonyl (C=O) groups is 1. The van der Waals surface area contributed by atoms with Crippen molar-refractivity contribution in [3.05, 3.63) is 78.0 Å². The summed E-state index contributed by atoms with van der Waals surface area (Å²) in [6.45, 7) is 1.41. The zero-order valence-electron chi connectivity index (χ0n) is 16.2. The maximum Gasteiger partial charge on any atom is 0.241 e. The van der Waals surface area contributed by atoms with Gasteiger partial charge in [0, 0.05) is 30.5 Å². The molecule has 5 rings (SSSR count). The summed E-state index contributed by atoms with van der Waals surface area (Å²) in [7, 11) is 0. The molecular weight excluding hydrogens is 380 g/mol. The lowest BCUT2D eigenvalue weighted by Crippen LogP contribution is -2.17. The second-order valence-electron chi connectivity index (χ2n) is 7.22. The largest absolute Gasteiger partial charge is 0.437 e. The van der Waals surface area contributed by atoms with Crippen LogP contribution in [0.4, 0.5) is 0 Å². The van der Waals surface area contributed by atoms with E-state index in [1.165, 1.54) is 0 Å². The first kappa shape index (κ1) is 18.4. The third-order valence-corrected chi connectivity index (χ3v) is 5.17. The summed E-state index contributed by atoms with van der Waals surface area (Å²) in [4.78, 5) is 29.0. The van der Waals surface area contributed by atoms with Gasteiger partial charge in [0.2, 0.25) is 11.7 Å². The number of nitrogens with one attached hydrogen (secondary N) is 1. The van der Waals surface area contributed by atoms with E-state index in [0.717, 1.165) is 36.2 Å². The van der Waals surface area contributed by atoms with Gasteiger partial charge in [-0.2, -0.15) is 0 Å². The molecule has 30 heavy (non-hydrogen) atoms. The third kappa shape index (κ3) is 3.67. The van der Waals surface area contributed by atoms with Crippen LogP contribution in [0.3, 0.4) is 0 Å². The fourth-order valence-corrected chi connectivity index (χ4v) is 3.63. The van der Waals surface area contributed by atoms with Gasteiger partial charge in [-0.1, -0.05) is 12.1 Å². The minimum absolute atomic E-state index is 0.169. The molecule has 7 heteroatoms. The van der Waals surface area contributed by atoms with Gasteiger partial charge in [0.1, 0.15) is 11.4 Å². The van der Waals surface area contributed by atoms with Crippen molar-refractivity contribution < 1.29 is 14.3 Å². The summed E-state index contributed by atoms with van der Waals surface area (Å²) in [5.74, 6) is 1.39. The van der Waals surface area contributed by atoms with E-state index in [9.17, 15) is 4.79 Å². The number of H-pyrrole nitrogens is 1. The number of fused-ring (bicyclic) bond motifs is 1. The SMILES string of the molecule is O=C(c1ccc(Oc2nccnc2[C@H]2CCCOC2)cc1)c1nc2ccccc2[nH]1. The highest BCUT2D eigenvalue weighted by Crippen LogP contribution is 2.31. The lowest BCUT2D eigenvalue weighted by molar-refractivity contribution is 0.0784. The van der Waals surface area contributed by atoms with Gasteiger partial charge >= 0.3 is 0 Å². The third-order valence-electron chi connectivity index (χ3n) is 5.17. The van der Waals surface area contributed by atoms with Crippen molar-refractivity contribution in [2.45, 2.75) is 18.8 Å². The first-order valence-corrected chi connectivity index (χ1v) is 9.94. The highest BCUT2D eigenvalue weighted by molar-refractivity contribution is 6.08. The van der Waals surface area contributed by atoms with Crippen LogP contribution >= 0.6 is 0 Å². The zero-order chi connectivity index (χ0) is 20.3. The Morgan fingerprint density at radius 1 is 1.07 bits per heavy atom. The van der Waals surface area contributed by atoms with E-state index >= 15 is 0 Å². The predicted octanol–water partition coefficient (Wildman–Crippen LogP) is 4.27. The fourth-order valence-electron chi connectivity index (χ4n) is 3.63. The molecule has 1 fully saturated rings. The normalized spacial score (nSPS) is 16.5. The fraction of sp³-hybridized carbons (Fsp3) is 0.217. The van der Waals surface area contributed by atoms with E-state index in [1.807, 2.05) is 24.3 Å². The highest BCUT2D eigenvalue weighted by atomic mass is 16.5. The summed E-state index contributed by atoms with van der Waals surface area (Å²) < 4.78 is 11.6. The number of imidazole rings is 1. The minimum Gasteiger partial charge on any atom is -0.437 e. The minimum atomic E-state index is -0.169. The van der Waals surface area contributed by atoms with E-state index < -0.39 is 0 Å². The van der Waals surface area contributed by atoms with Gasteiger partial charge in [0.15, 0.2) is 5.82 Å². The summed E-state index contributed by atoms with van der Waals surface area (Å²) in [6, 6.07) is 14.5. The molecule has 0 radical (unpaired) electrons. The topological polar surface area (TPSA) is 90.0 Å². The number of carbonyl (C=O) groups excluding carboxylic acids is 1. The summed E-state index contributed by atoms with van der Waals surface area (Å²) >= 11 is 0. The Kier molecular flexibility index (Phi) is 4.94. The molecule has 1 aliphatic rings.